The number of carbonyl (C=O) groups is 1. The van der Waals surface area contributed by atoms with Gasteiger partial charge in [0.25, 0.3) is 5.89 Å². The van der Waals surface area contributed by atoms with Crippen LogP contribution >= 0.6 is 0 Å². The van der Waals surface area contributed by atoms with Gasteiger partial charge in [-0.15, -0.1) is 0 Å². The summed E-state index contributed by atoms with van der Waals surface area (Å²) in [5, 5.41) is 5.29. The number of aromatic amines is 1. The predicted molar refractivity (Wildman–Crippen MR) is 106 cm³/mol. The van der Waals surface area contributed by atoms with E-state index in [1.165, 1.54) is 5.56 Å². The van der Waals surface area contributed by atoms with Crippen molar-refractivity contribution in [3.63, 3.8) is 0 Å². The molecule has 1 aliphatic heterocycles. The van der Waals surface area contributed by atoms with E-state index in [0.29, 0.717) is 31.2 Å². The Hall–Kier alpha value is -3.41. The van der Waals surface area contributed by atoms with Crippen molar-refractivity contribution >= 4 is 16.8 Å². The minimum absolute atomic E-state index is 0.0185. The van der Waals surface area contributed by atoms with Crippen molar-refractivity contribution in [1.82, 2.24) is 20.0 Å². The maximum Gasteiger partial charge on any atom is 0.258 e. The number of rotatable bonds is 5. The Labute approximate surface area is 162 Å². The summed E-state index contributed by atoms with van der Waals surface area (Å²) < 4.78 is 5.48. The second kappa shape index (κ2) is 6.96. The molecule has 1 atom stereocenters. The number of carbonyl (C=O) groups excluding carboxylic acids is 1. The molecule has 5 rings (SSSR count). The molecule has 0 saturated carbocycles. The van der Waals surface area contributed by atoms with Crippen LogP contribution in [0, 0.1) is 0 Å². The Balaban J connectivity index is 1.28. The molecular weight excluding hydrogens is 352 g/mol. The molecule has 0 aliphatic carbocycles. The van der Waals surface area contributed by atoms with Gasteiger partial charge in [-0.3, -0.25) is 4.79 Å². The van der Waals surface area contributed by atoms with Crippen LogP contribution in [0.15, 0.2) is 65.3 Å². The van der Waals surface area contributed by atoms with Gasteiger partial charge in [-0.25, -0.2) is 0 Å². The molecule has 0 spiro atoms. The lowest BCUT2D eigenvalue weighted by Crippen LogP contribution is -2.27. The van der Waals surface area contributed by atoms with Crippen molar-refractivity contribution in [2.75, 3.05) is 13.1 Å². The average Bonchev–Trinajstić information content (AvgIpc) is 3.46. The number of nitrogens with zero attached hydrogens (tertiary/aromatic N) is 3. The number of benzene rings is 2. The topological polar surface area (TPSA) is 75.0 Å². The van der Waals surface area contributed by atoms with Gasteiger partial charge in [0.2, 0.25) is 5.91 Å². The summed E-state index contributed by atoms with van der Waals surface area (Å²) in [6.45, 7) is 1.36. The first-order chi connectivity index (χ1) is 13.8. The monoisotopic (exact) mass is 372 g/mol. The molecule has 1 aliphatic rings. The highest BCUT2D eigenvalue weighted by atomic mass is 16.5. The number of amides is 1. The lowest BCUT2D eigenvalue weighted by atomic mass is 10.1. The number of fused-ring (bicyclic) bond motifs is 1. The summed E-state index contributed by atoms with van der Waals surface area (Å²) >= 11 is 0. The summed E-state index contributed by atoms with van der Waals surface area (Å²) in [6.07, 6.45) is 3.19. The van der Waals surface area contributed by atoms with Crippen molar-refractivity contribution < 1.29 is 9.32 Å². The average molecular weight is 372 g/mol. The zero-order chi connectivity index (χ0) is 18.9. The first kappa shape index (κ1) is 16.7. The molecule has 1 saturated heterocycles. The fourth-order valence-corrected chi connectivity index (χ4v) is 3.77. The van der Waals surface area contributed by atoms with Crippen molar-refractivity contribution in [1.29, 1.82) is 0 Å². The van der Waals surface area contributed by atoms with E-state index in [0.717, 1.165) is 22.9 Å². The van der Waals surface area contributed by atoms with E-state index in [9.17, 15) is 4.79 Å². The molecule has 28 heavy (non-hydrogen) atoms. The number of hydrogen-bond acceptors (Lipinski definition) is 4. The minimum Gasteiger partial charge on any atom is -0.361 e. The lowest BCUT2D eigenvalue weighted by Gasteiger charge is -2.15. The second-order valence-corrected chi connectivity index (χ2v) is 7.21. The van der Waals surface area contributed by atoms with E-state index in [-0.39, 0.29) is 11.8 Å². The molecule has 6 nitrogen and oxygen atoms in total. The van der Waals surface area contributed by atoms with Gasteiger partial charge in [0, 0.05) is 42.7 Å². The van der Waals surface area contributed by atoms with Crippen LogP contribution in [-0.4, -0.2) is 39.0 Å². The molecular formula is C22H20N4O2. The number of likely N-dealkylation sites (tertiary alicyclic amines) is 1. The van der Waals surface area contributed by atoms with Crippen LogP contribution < -0.4 is 0 Å². The van der Waals surface area contributed by atoms with Gasteiger partial charge in [-0.05, 0) is 35.6 Å². The van der Waals surface area contributed by atoms with E-state index >= 15 is 0 Å². The first-order valence-corrected chi connectivity index (χ1v) is 9.49. The molecule has 1 N–H and O–H groups in total. The fraction of sp³-hybridized carbons (Fsp3) is 0.227. The van der Waals surface area contributed by atoms with Gasteiger partial charge >= 0.3 is 0 Å². The van der Waals surface area contributed by atoms with Crippen LogP contribution in [0.4, 0.5) is 0 Å². The van der Waals surface area contributed by atoms with E-state index in [2.05, 4.69) is 27.3 Å². The Morgan fingerprint density at radius 1 is 1.14 bits per heavy atom. The maximum absolute atomic E-state index is 12.4. The number of hydrogen-bond donors (Lipinski definition) is 1. The standard InChI is InChI=1S/C22H20N4O2/c27-20-13-18(14-26(20)11-9-15-4-2-1-3-5-15)21-24-22(28-25-21)17-7-6-16-8-10-23-19(16)12-17/h1-8,10,12,18,23H,9,11,13-14H2. The molecule has 2 aromatic carbocycles. The maximum atomic E-state index is 12.4. The van der Waals surface area contributed by atoms with Crippen LogP contribution in [0.5, 0.6) is 0 Å². The highest BCUT2D eigenvalue weighted by Gasteiger charge is 2.33. The van der Waals surface area contributed by atoms with E-state index in [1.807, 2.05) is 53.6 Å². The normalized spacial score (nSPS) is 16.9. The zero-order valence-electron chi connectivity index (χ0n) is 15.3. The van der Waals surface area contributed by atoms with Crippen molar-refractivity contribution in [2.24, 2.45) is 0 Å². The molecule has 6 heteroatoms. The third-order valence-corrected chi connectivity index (χ3v) is 5.34. The molecule has 2 aromatic heterocycles. The summed E-state index contributed by atoms with van der Waals surface area (Å²) in [5.41, 5.74) is 3.14. The Morgan fingerprint density at radius 2 is 2.04 bits per heavy atom. The van der Waals surface area contributed by atoms with E-state index < -0.39 is 0 Å². The van der Waals surface area contributed by atoms with Crippen molar-refractivity contribution in [3.05, 3.63) is 72.2 Å². The van der Waals surface area contributed by atoms with Gasteiger partial charge < -0.3 is 14.4 Å². The van der Waals surface area contributed by atoms with Gasteiger partial charge in [-0.2, -0.15) is 4.98 Å². The first-order valence-electron chi connectivity index (χ1n) is 9.49. The molecule has 3 heterocycles. The quantitative estimate of drug-likeness (QED) is 0.579. The van der Waals surface area contributed by atoms with E-state index in [4.69, 9.17) is 4.52 Å². The molecule has 140 valence electrons. The van der Waals surface area contributed by atoms with Crippen molar-refractivity contribution in [2.45, 2.75) is 18.8 Å². The lowest BCUT2D eigenvalue weighted by molar-refractivity contribution is -0.127. The highest BCUT2D eigenvalue weighted by molar-refractivity contribution is 5.83. The summed E-state index contributed by atoms with van der Waals surface area (Å²) in [7, 11) is 0. The SMILES string of the molecule is O=C1CC(c2noc(-c3ccc4cc[nH]c4c3)n2)CN1CCc1ccccc1. The third kappa shape index (κ3) is 3.17. The molecule has 1 fully saturated rings. The highest BCUT2D eigenvalue weighted by Crippen LogP contribution is 2.29. The summed E-state index contributed by atoms with van der Waals surface area (Å²) in [5.74, 6) is 1.23. The Bertz CT molecular complexity index is 1120. The number of H-pyrrole nitrogens is 1. The van der Waals surface area contributed by atoms with Crippen molar-refractivity contribution in [3.8, 4) is 11.5 Å². The third-order valence-electron chi connectivity index (χ3n) is 5.34. The Morgan fingerprint density at radius 3 is 2.93 bits per heavy atom. The summed E-state index contributed by atoms with van der Waals surface area (Å²) in [6, 6.07) is 18.2. The van der Waals surface area contributed by atoms with Gasteiger partial charge in [-0.1, -0.05) is 41.6 Å². The summed E-state index contributed by atoms with van der Waals surface area (Å²) in [4.78, 5) is 22.1. The molecule has 0 radical (unpaired) electrons. The molecule has 4 aromatic rings. The van der Waals surface area contributed by atoms with Gasteiger partial charge in [0.15, 0.2) is 5.82 Å². The number of aromatic nitrogens is 3. The Kier molecular flexibility index (Phi) is 4.16. The van der Waals surface area contributed by atoms with Gasteiger partial charge in [0.1, 0.15) is 0 Å². The zero-order valence-corrected chi connectivity index (χ0v) is 15.3. The number of nitrogens with one attached hydrogen (secondary N) is 1. The van der Waals surface area contributed by atoms with Crippen LogP contribution in [0.25, 0.3) is 22.4 Å². The van der Waals surface area contributed by atoms with Crippen LogP contribution in [0.3, 0.4) is 0 Å². The van der Waals surface area contributed by atoms with Crippen LogP contribution in [0.1, 0.15) is 23.7 Å². The largest absolute Gasteiger partial charge is 0.361 e. The molecule has 1 amide bonds. The minimum atomic E-state index is -0.0185. The second-order valence-electron chi connectivity index (χ2n) is 7.21. The van der Waals surface area contributed by atoms with Crippen LogP contribution in [-0.2, 0) is 11.2 Å². The molecule has 1 unspecified atom stereocenters. The predicted octanol–water partition coefficient (Wildman–Crippen LogP) is 3.78. The van der Waals surface area contributed by atoms with Crippen LogP contribution in [0.2, 0.25) is 0 Å². The smallest absolute Gasteiger partial charge is 0.258 e. The van der Waals surface area contributed by atoms with E-state index in [1.54, 1.807) is 0 Å². The molecule has 0 bridgehead atoms. The fourth-order valence-electron chi connectivity index (χ4n) is 3.77. The van der Waals surface area contributed by atoms with Gasteiger partial charge in [0.05, 0.1) is 0 Å².